The van der Waals surface area contributed by atoms with Gasteiger partial charge in [0.2, 0.25) is 0 Å². The molecule has 4 nitrogen and oxygen atoms in total. The molecule has 2 aromatic heterocycles. The molecule has 0 aromatic carbocycles. The van der Waals surface area contributed by atoms with Gasteiger partial charge in [0.15, 0.2) is 0 Å². The van der Waals surface area contributed by atoms with Crippen LogP contribution in [-0.2, 0) is 12.8 Å². The number of thiophene rings is 1. The number of hydrogen-bond donors (Lipinski definition) is 2. The lowest BCUT2D eigenvalue weighted by Gasteiger charge is -1.98. The number of aromatic nitrogens is 2. The highest BCUT2D eigenvalue weighted by Crippen LogP contribution is 2.25. The minimum atomic E-state index is -0.0682. The van der Waals surface area contributed by atoms with Crippen molar-refractivity contribution in [3.05, 3.63) is 33.6 Å². The molecule has 0 radical (unpaired) electrons. The van der Waals surface area contributed by atoms with Gasteiger partial charge in [-0.1, -0.05) is 20.3 Å². The Bertz CT molecular complexity index is 516. The molecule has 0 aliphatic heterocycles. The zero-order chi connectivity index (χ0) is 13.0. The van der Waals surface area contributed by atoms with Gasteiger partial charge in [0.1, 0.15) is 5.82 Å². The monoisotopic (exact) mass is 263 g/mol. The van der Waals surface area contributed by atoms with E-state index in [2.05, 4.69) is 29.4 Å². The second-order valence-corrected chi connectivity index (χ2v) is 5.22. The van der Waals surface area contributed by atoms with E-state index in [4.69, 9.17) is 0 Å². The molecule has 0 saturated carbocycles. The van der Waals surface area contributed by atoms with Gasteiger partial charge in [-0.2, -0.15) is 5.10 Å². The van der Waals surface area contributed by atoms with Crippen LogP contribution in [0.25, 0.3) is 0 Å². The highest BCUT2D eigenvalue weighted by atomic mass is 32.1. The van der Waals surface area contributed by atoms with Crippen molar-refractivity contribution in [2.24, 2.45) is 0 Å². The average molecular weight is 263 g/mol. The Hall–Kier alpha value is -1.62. The summed E-state index contributed by atoms with van der Waals surface area (Å²) in [5, 5.41) is 9.32. The van der Waals surface area contributed by atoms with E-state index in [1.165, 1.54) is 10.4 Å². The zero-order valence-electron chi connectivity index (χ0n) is 10.6. The van der Waals surface area contributed by atoms with Gasteiger partial charge in [0, 0.05) is 10.9 Å². The molecule has 2 rings (SSSR count). The molecule has 0 aliphatic rings. The van der Waals surface area contributed by atoms with Gasteiger partial charge in [0.05, 0.1) is 11.1 Å². The molecule has 0 aliphatic carbocycles. The van der Waals surface area contributed by atoms with Gasteiger partial charge in [-0.15, -0.1) is 11.3 Å². The highest BCUT2D eigenvalue weighted by Gasteiger charge is 2.13. The van der Waals surface area contributed by atoms with Gasteiger partial charge in [-0.3, -0.25) is 9.89 Å². The standard InChI is InChI=1S/C13H17N3OS/c1-3-5-10-9(4-2)8-11(18-10)13(17)15-12-6-7-14-16-12/h6-8H,3-5H2,1-2H3,(H2,14,15,16,17). The number of rotatable bonds is 5. The van der Waals surface area contributed by atoms with Crippen LogP contribution < -0.4 is 5.32 Å². The van der Waals surface area contributed by atoms with Gasteiger partial charge >= 0.3 is 0 Å². The number of aryl methyl sites for hydroxylation is 2. The number of carbonyl (C=O) groups excluding carboxylic acids is 1. The Morgan fingerprint density at radius 2 is 2.33 bits per heavy atom. The van der Waals surface area contributed by atoms with Crippen molar-refractivity contribution in [1.29, 1.82) is 0 Å². The lowest BCUT2D eigenvalue weighted by atomic mass is 10.1. The molecule has 5 heteroatoms. The molecule has 1 amide bonds. The smallest absolute Gasteiger partial charge is 0.266 e. The van der Waals surface area contributed by atoms with Crippen molar-refractivity contribution in [1.82, 2.24) is 10.2 Å². The molecule has 18 heavy (non-hydrogen) atoms. The van der Waals surface area contributed by atoms with Crippen LogP contribution in [0.3, 0.4) is 0 Å². The normalized spacial score (nSPS) is 10.6. The third kappa shape index (κ3) is 2.79. The van der Waals surface area contributed by atoms with Crippen LogP contribution in [0.15, 0.2) is 18.3 Å². The van der Waals surface area contributed by atoms with E-state index in [9.17, 15) is 4.79 Å². The maximum absolute atomic E-state index is 12.0. The molecule has 0 fully saturated rings. The van der Waals surface area contributed by atoms with E-state index in [1.54, 1.807) is 23.6 Å². The van der Waals surface area contributed by atoms with Crippen LogP contribution in [0, 0.1) is 0 Å². The van der Waals surface area contributed by atoms with Crippen molar-refractivity contribution in [2.75, 3.05) is 5.32 Å². The fourth-order valence-corrected chi connectivity index (χ4v) is 3.08. The Kier molecular flexibility index (Phi) is 4.15. The Labute approximate surface area is 110 Å². The summed E-state index contributed by atoms with van der Waals surface area (Å²) in [6, 6.07) is 3.74. The number of aromatic amines is 1. The van der Waals surface area contributed by atoms with E-state index in [0.717, 1.165) is 24.1 Å². The molecule has 0 spiro atoms. The number of H-pyrrole nitrogens is 1. The summed E-state index contributed by atoms with van der Waals surface area (Å²) < 4.78 is 0. The van der Waals surface area contributed by atoms with E-state index in [1.807, 2.05) is 6.07 Å². The molecule has 0 atom stereocenters. The number of hydrogen-bond acceptors (Lipinski definition) is 3. The molecule has 0 unspecified atom stereocenters. The first-order valence-electron chi connectivity index (χ1n) is 6.16. The fourth-order valence-electron chi connectivity index (χ4n) is 1.83. The van der Waals surface area contributed by atoms with Crippen molar-refractivity contribution >= 4 is 23.1 Å². The summed E-state index contributed by atoms with van der Waals surface area (Å²) in [5.41, 5.74) is 1.29. The third-order valence-electron chi connectivity index (χ3n) is 2.73. The summed E-state index contributed by atoms with van der Waals surface area (Å²) in [6.07, 6.45) is 4.74. The predicted molar refractivity (Wildman–Crippen MR) is 74.2 cm³/mol. The molecule has 0 saturated heterocycles. The lowest BCUT2D eigenvalue weighted by Crippen LogP contribution is -2.10. The number of nitrogens with one attached hydrogen (secondary N) is 2. The Morgan fingerprint density at radius 1 is 1.50 bits per heavy atom. The van der Waals surface area contributed by atoms with Crippen LogP contribution in [0.2, 0.25) is 0 Å². The van der Waals surface area contributed by atoms with Crippen LogP contribution in [0.5, 0.6) is 0 Å². The molecular formula is C13H17N3OS. The summed E-state index contributed by atoms with van der Waals surface area (Å²) in [5.74, 6) is 0.560. The van der Waals surface area contributed by atoms with Crippen LogP contribution in [0.4, 0.5) is 5.82 Å². The number of nitrogens with zero attached hydrogens (tertiary/aromatic N) is 1. The molecular weight excluding hydrogens is 246 g/mol. The van der Waals surface area contributed by atoms with Gasteiger partial charge in [0.25, 0.3) is 5.91 Å². The quantitative estimate of drug-likeness (QED) is 0.870. The average Bonchev–Trinajstić information content (AvgIpc) is 2.98. The summed E-state index contributed by atoms with van der Waals surface area (Å²) in [7, 11) is 0. The zero-order valence-corrected chi connectivity index (χ0v) is 11.4. The van der Waals surface area contributed by atoms with E-state index < -0.39 is 0 Å². The van der Waals surface area contributed by atoms with E-state index in [-0.39, 0.29) is 5.91 Å². The maximum atomic E-state index is 12.0. The number of carbonyl (C=O) groups is 1. The topological polar surface area (TPSA) is 57.8 Å². The predicted octanol–water partition coefficient (Wildman–Crippen LogP) is 3.24. The van der Waals surface area contributed by atoms with Crippen LogP contribution >= 0.6 is 11.3 Å². The number of anilines is 1. The first kappa shape index (κ1) is 12.8. The van der Waals surface area contributed by atoms with Crippen molar-refractivity contribution in [3.8, 4) is 0 Å². The first-order valence-corrected chi connectivity index (χ1v) is 6.98. The van der Waals surface area contributed by atoms with Gasteiger partial charge in [-0.05, 0) is 24.5 Å². The molecule has 96 valence electrons. The lowest BCUT2D eigenvalue weighted by molar-refractivity contribution is 0.103. The van der Waals surface area contributed by atoms with Crippen molar-refractivity contribution < 1.29 is 4.79 Å². The third-order valence-corrected chi connectivity index (χ3v) is 3.96. The maximum Gasteiger partial charge on any atom is 0.266 e. The Morgan fingerprint density at radius 3 is 2.94 bits per heavy atom. The summed E-state index contributed by atoms with van der Waals surface area (Å²) in [4.78, 5) is 14.1. The molecule has 2 N–H and O–H groups in total. The van der Waals surface area contributed by atoms with Crippen molar-refractivity contribution in [2.45, 2.75) is 33.1 Å². The highest BCUT2D eigenvalue weighted by molar-refractivity contribution is 7.14. The second-order valence-electron chi connectivity index (χ2n) is 4.09. The van der Waals surface area contributed by atoms with Gasteiger partial charge < -0.3 is 5.32 Å². The summed E-state index contributed by atoms with van der Waals surface area (Å²) >= 11 is 1.59. The van der Waals surface area contributed by atoms with Crippen molar-refractivity contribution in [3.63, 3.8) is 0 Å². The van der Waals surface area contributed by atoms with Crippen LogP contribution in [0.1, 0.15) is 40.4 Å². The first-order chi connectivity index (χ1) is 8.74. The Balaban J connectivity index is 2.15. The number of amides is 1. The minimum absolute atomic E-state index is 0.0682. The summed E-state index contributed by atoms with van der Waals surface area (Å²) in [6.45, 7) is 4.28. The van der Waals surface area contributed by atoms with Crippen LogP contribution in [-0.4, -0.2) is 16.1 Å². The largest absolute Gasteiger partial charge is 0.306 e. The fraction of sp³-hybridized carbons (Fsp3) is 0.385. The molecule has 0 bridgehead atoms. The second kappa shape index (κ2) is 5.82. The molecule has 2 heterocycles. The van der Waals surface area contributed by atoms with E-state index in [0.29, 0.717) is 5.82 Å². The SMILES string of the molecule is CCCc1sc(C(=O)Nc2ccn[nH]2)cc1CC. The van der Waals surface area contributed by atoms with Gasteiger partial charge in [-0.25, -0.2) is 0 Å². The minimum Gasteiger partial charge on any atom is -0.306 e. The molecule has 2 aromatic rings. The van der Waals surface area contributed by atoms with E-state index >= 15 is 0 Å².